The Labute approximate surface area is 160 Å². The number of ketones is 1. The summed E-state index contributed by atoms with van der Waals surface area (Å²) in [6.45, 7) is 12.5. The number of ether oxygens (including phenoxy) is 2. The zero-order valence-electron chi connectivity index (χ0n) is 16.7. The van der Waals surface area contributed by atoms with Crippen LogP contribution in [0.25, 0.3) is 0 Å². The number of hydrogen-bond donors (Lipinski definition) is 0. The molecule has 0 aliphatic heterocycles. The normalized spacial score (nSPS) is 27.1. The third kappa shape index (κ3) is 4.65. The van der Waals surface area contributed by atoms with Crippen molar-refractivity contribution in [3.05, 3.63) is 47.8 Å². The van der Waals surface area contributed by atoms with Gasteiger partial charge in [0.05, 0.1) is 12.3 Å². The van der Waals surface area contributed by atoms with Crippen LogP contribution >= 0.6 is 0 Å². The van der Waals surface area contributed by atoms with Gasteiger partial charge in [-0.2, -0.15) is 0 Å². The quantitative estimate of drug-likeness (QED) is 0.383. The van der Waals surface area contributed by atoms with E-state index in [2.05, 4.69) is 6.58 Å². The van der Waals surface area contributed by atoms with Crippen LogP contribution in [-0.2, 0) is 23.9 Å². The van der Waals surface area contributed by atoms with E-state index >= 15 is 0 Å². The number of allylic oxidation sites excluding steroid dienone is 6. The molecule has 0 amide bonds. The first-order valence-corrected chi connectivity index (χ1v) is 9.17. The number of carbonyl (C=O) groups is 3. The van der Waals surface area contributed by atoms with Crippen molar-refractivity contribution in [1.82, 2.24) is 0 Å². The largest absolute Gasteiger partial charge is 0.457 e. The molecule has 0 heterocycles. The maximum Gasteiger partial charge on any atom is 0.310 e. The Morgan fingerprint density at radius 2 is 1.96 bits per heavy atom. The van der Waals surface area contributed by atoms with Crippen molar-refractivity contribution in [1.29, 1.82) is 0 Å². The van der Waals surface area contributed by atoms with Crippen LogP contribution in [0.1, 0.15) is 47.5 Å². The average molecular weight is 372 g/mol. The van der Waals surface area contributed by atoms with E-state index < -0.39 is 6.10 Å². The van der Waals surface area contributed by atoms with E-state index in [4.69, 9.17) is 9.47 Å². The molecule has 0 radical (unpaired) electrons. The molecule has 5 nitrogen and oxygen atoms in total. The smallest absolute Gasteiger partial charge is 0.310 e. The van der Waals surface area contributed by atoms with Gasteiger partial charge in [-0.1, -0.05) is 38.7 Å². The minimum atomic E-state index is -0.493. The van der Waals surface area contributed by atoms with Crippen molar-refractivity contribution in [2.45, 2.75) is 53.6 Å². The molecule has 5 heteroatoms. The van der Waals surface area contributed by atoms with Gasteiger partial charge in [0, 0.05) is 18.4 Å². The maximum absolute atomic E-state index is 12.7. The lowest BCUT2D eigenvalue weighted by Gasteiger charge is -2.13. The Balaban J connectivity index is 2.05. The van der Waals surface area contributed by atoms with Crippen LogP contribution in [0.4, 0.5) is 0 Å². The van der Waals surface area contributed by atoms with Crippen LogP contribution in [-0.4, -0.2) is 23.8 Å². The van der Waals surface area contributed by atoms with Crippen LogP contribution in [0.2, 0.25) is 0 Å². The Bertz CT molecular complexity index is 751. The molecule has 1 saturated carbocycles. The second-order valence-corrected chi connectivity index (χ2v) is 7.78. The minimum Gasteiger partial charge on any atom is -0.457 e. The fourth-order valence-electron chi connectivity index (χ4n) is 3.71. The van der Waals surface area contributed by atoms with Gasteiger partial charge in [0.1, 0.15) is 11.9 Å². The standard InChI is InChI=1S/C22H28O5/c1-7-8-9-10-16-14(3)19(12-18(16)24)27-21(25)20-17(22(20,5)6)11-13(2)26-15(4)23/h7-9,11,17,19-20H,1,10,12H2,2-6H3/t17-,19+,20-/m1/s1. The number of hydrogen-bond acceptors (Lipinski definition) is 5. The van der Waals surface area contributed by atoms with E-state index in [9.17, 15) is 14.4 Å². The molecular weight excluding hydrogens is 344 g/mol. The molecule has 0 aromatic carbocycles. The molecule has 0 aromatic rings. The van der Waals surface area contributed by atoms with E-state index in [1.165, 1.54) is 6.92 Å². The first-order chi connectivity index (χ1) is 12.6. The third-order valence-electron chi connectivity index (χ3n) is 5.40. The molecule has 0 saturated heterocycles. The lowest BCUT2D eigenvalue weighted by molar-refractivity contribution is -0.150. The predicted octanol–water partition coefficient (Wildman–Crippen LogP) is 4.06. The van der Waals surface area contributed by atoms with E-state index in [1.807, 2.05) is 26.8 Å². The molecule has 2 rings (SSSR count). The summed E-state index contributed by atoms with van der Waals surface area (Å²) in [5.41, 5.74) is 1.26. The molecule has 146 valence electrons. The summed E-state index contributed by atoms with van der Waals surface area (Å²) in [6.07, 6.45) is 7.36. The summed E-state index contributed by atoms with van der Waals surface area (Å²) in [5, 5.41) is 0. The zero-order chi connectivity index (χ0) is 20.4. The predicted molar refractivity (Wildman–Crippen MR) is 102 cm³/mol. The van der Waals surface area contributed by atoms with Gasteiger partial charge in [0.25, 0.3) is 0 Å². The second-order valence-electron chi connectivity index (χ2n) is 7.78. The van der Waals surface area contributed by atoms with Crippen LogP contribution < -0.4 is 0 Å². The van der Waals surface area contributed by atoms with Gasteiger partial charge >= 0.3 is 11.9 Å². The topological polar surface area (TPSA) is 69.7 Å². The molecule has 0 bridgehead atoms. The lowest BCUT2D eigenvalue weighted by Crippen LogP contribution is -2.20. The highest BCUT2D eigenvalue weighted by Crippen LogP contribution is 2.60. The summed E-state index contributed by atoms with van der Waals surface area (Å²) < 4.78 is 10.7. The highest BCUT2D eigenvalue weighted by atomic mass is 16.5. The number of rotatable bonds is 7. The Kier molecular flexibility index (Phi) is 6.24. The Hall–Kier alpha value is -2.43. The maximum atomic E-state index is 12.7. The van der Waals surface area contributed by atoms with Crippen molar-refractivity contribution >= 4 is 17.7 Å². The summed E-state index contributed by atoms with van der Waals surface area (Å²) in [7, 11) is 0. The summed E-state index contributed by atoms with van der Waals surface area (Å²) in [4.78, 5) is 36.0. The third-order valence-corrected chi connectivity index (χ3v) is 5.40. The van der Waals surface area contributed by atoms with Gasteiger partial charge in [-0.3, -0.25) is 14.4 Å². The molecule has 0 aromatic heterocycles. The molecule has 0 spiro atoms. The molecule has 0 N–H and O–H groups in total. The van der Waals surface area contributed by atoms with E-state index in [1.54, 1.807) is 25.2 Å². The van der Waals surface area contributed by atoms with E-state index in [0.29, 0.717) is 17.8 Å². The van der Waals surface area contributed by atoms with Crippen molar-refractivity contribution in [3.63, 3.8) is 0 Å². The Morgan fingerprint density at radius 1 is 1.30 bits per heavy atom. The summed E-state index contributed by atoms with van der Waals surface area (Å²) >= 11 is 0. The van der Waals surface area contributed by atoms with Crippen LogP contribution in [0, 0.1) is 17.3 Å². The highest BCUT2D eigenvalue weighted by molar-refractivity contribution is 6.00. The van der Waals surface area contributed by atoms with Crippen molar-refractivity contribution in [3.8, 4) is 0 Å². The summed E-state index contributed by atoms with van der Waals surface area (Å²) in [6, 6.07) is 0. The molecule has 2 aliphatic carbocycles. The monoisotopic (exact) mass is 372 g/mol. The van der Waals surface area contributed by atoms with Gasteiger partial charge in [0.15, 0.2) is 5.78 Å². The van der Waals surface area contributed by atoms with Gasteiger partial charge in [-0.15, -0.1) is 0 Å². The first kappa shape index (κ1) is 20.9. The van der Waals surface area contributed by atoms with Crippen molar-refractivity contribution in [2.75, 3.05) is 0 Å². The van der Waals surface area contributed by atoms with Crippen molar-refractivity contribution in [2.24, 2.45) is 17.3 Å². The number of esters is 2. The van der Waals surface area contributed by atoms with Crippen LogP contribution in [0.3, 0.4) is 0 Å². The average Bonchev–Trinajstić information content (AvgIpc) is 2.98. The number of carbonyl (C=O) groups excluding carboxylic acids is 3. The van der Waals surface area contributed by atoms with Gasteiger partial charge in [-0.05, 0) is 37.3 Å². The Morgan fingerprint density at radius 3 is 2.56 bits per heavy atom. The molecule has 0 unspecified atom stereocenters. The van der Waals surface area contributed by atoms with E-state index in [0.717, 1.165) is 5.57 Å². The van der Waals surface area contributed by atoms with E-state index in [-0.39, 0.29) is 41.4 Å². The number of Topliss-reactive ketones (excluding diaryl/α,β-unsaturated/α-hetero) is 1. The molecule has 2 aliphatic rings. The van der Waals surface area contributed by atoms with Gasteiger partial charge < -0.3 is 9.47 Å². The molecule has 3 atom stereocenters. The fourth-order valence-corrected chi connectivity index (χ4v) is 3.71. The summed E-state index contributed by atoms with van der Waals surface area (Å²) in [5.74, 6) is -0.548. The van der Waals surface area contributed by atoms with Gasteiger partial charge in [-0.25, -0.2) is 0 Å². The van der Waals surface area contributed by atoms with Crippen LogP contribution in [0.5, 0.6) is 0 Å². The van der Waals surface area contributed by atoms with Gasteiger partial charge in [0.2, 0.25) is 0 Å². The lowest BCUT2D eigenvalue weighted by atomic mass is 10.1. The van der Waals surface area contributed by atoms with Crippen LogP contribution in [0.15, 0.2) is 47.8 Å². The molecular formula is C22H28O5. The van der Waals surface area contributed by atoms with Crippen molar-refractivity contribution < 1.29 is 23.9 Å². The molecule has 1 fully saturated rings. The first-order valence-electron chi connectivity index (χ1n) is 9.17. The highest BCUT2D eigenvalue weighted by Gasteiger charge is 2.62. The minimum absolute atomic E-state index is 0.0243. The second kappa shape index (κ2) is 8.07. The fraction of sp³-hybridized carbons (Fsp3) is 0.500. The molecule has 27 heavy (non-hydrogen) atoms. The zero-order valence-corrected chi connectivity index (χ0v) is 16.7. The SMILES string of the molecule is C=CC=CCC1=C(C)[C@@H](OC(=O)[C@H]2[C@@H](C=C(C)OC(C)=O)C2(C)C)CC1=O.